The molecule has 0 unspecified atom stereocenters. The van der Waals surface area contributed by atoms with E-state index in [4.69, 9.17) is 4.74 Å². The molecule has 3 nitrogen and oxygen atoms in total. The van der Waals surface area contributed by atoms with Crippen LogP contribution in [0.4, 0.5) is 0 Å². The van der Waals surface area contributed by atoms with Crippen molar-refractivity contribution < 1.29 is 4.74 Å². The third-order valence-electron chi connectivity index (χ3n) is 2.32. The van der Waals surface area contributed by atoms with Gasteiger partial charge >= 0.3 is 0 Å². The predicted octanol–water partition coefficient (Wildman–Crippen LogP) is 2.62. The van der Waals surface area contributed by atoms with Crippen molar-refractivity contribution in [3.63, 3.8) is 0 Å². The second kappa shape index (κ2) is 6.37. The first-order valence-electron chi connectivity index (χ1n) is 5.62. The van der Waals surface area contributed by atoms with Crippen molar-refractivity contribution >= 4 is 11.3 Å². The summed E-state index contributed by atoms with van der Waals surface area (Å²) in [6.45, 7) is 4.45. The van der Waals surface area contributed by atoms with Gasteiger partial charge in [0.2, 0.25) is 0 Å². The van der Waals surface area contributed by atoms with Gasteiger partial charge in [0.15, 0.2) is 0 Å². The minimum absolute atomic E-state index is 0.683. The highest BCUT2D eigenvalue weighted by molar-refractivity contribution is 7.09. The van der Waals surface area contributed by atoms with E-state index in [1.807, 2.05) is 29.9 Å². The highest BCUT2D eigenvalue weighted by Gasteiger charge is 1.95. The topological polar surface area (TPSA) is 34.1 Å². The lowest BCUT2D eigenvalue weighted by Gasteiger charge is -2.07. The van der Waals surface area contributed by atoms with Gasteiger partial charge in [0, 0.05) is 24.2 Å². The van der Waals surface area contributed by atoms with Crippen LogP contribution in [0.15, 0.2) is 36.0 Å². The lowest BCUT2D eigenvalue weighted by atomic mass is 10.2. The fourth-order valence-corrected chi connectivity index (χ4v) is 2.05. The molecular formula is C13H16N2OS. The van der Waals surface area contributed by atoms with Gasteiger partial charge in [0.1, 0.15) is 12.4 Å². The number of aromatic nitrogens is 1. The van der Waals surface area contributed by atoms with Gasteiger partial charge in [-0.25, -0.2) is 0 Å². The highest BCUT2D eigenvalue weighted by atomic mass is 32.1. The number of rotatable bonds is 6. The van der Waals surface area contributed by atoms with Crippen LogP contribution in [0.1, 0.15) is 10.4 Å². The molecule has 0 aliphatic rings. The fourth-order valence-electron chi connectivity index (χ4n) is 1.49. The number of nitrogens with one attached hydrogen (secondary N) is 1. The summed E-state index contributed by atoms with van der Waals surface area (Å²) in [4.78, 5) is 5.28. The molecule has 4 heteroatoms. The molecule has 17 heavy (non-hydrogen) atoms. The van der Waals surface area contributed by atoms with Crippen LogP contribution in [0, 0.1) is 6.92 Å². The summed E-state index contributed by atoms with van der Waals surface area (Å²) in [6, 6.07) is 8.10. The van der Waals surface area contributed by atoms with Crippen LogP contribution in [0.25, 0.3) is 0 Å². The molecule has 0 saturated carbocycles. The average Bonchev–Trinajstić information content (AvgIpc) is 2.82. The van der Waals surface area contributed by atoms with Gasteiger partial charge in [-0.15, -0.1) is 11.3 Å². The summed E-state index contributed by atoms with van der Waals surface area (Å²) in [5.41, 5.74) is 3.07. The molecule has 0 atom stereocenters. The van der Waals surface area contributed by atoms with Gasteiger partial charge in [0.05, 0.1) is 5.51 Å². The van der Waals surface area contributed by atoms with Crippen molar-refractivity contribution in [2.24, 2.45) is 0 Å². The Hall–Kier alpha value is -1.39. The Morgan fingerprint density at radius 1 is 1.41 bits per heavy atom. The summed E-state index contributed by atoms with van der Waals surface area (Å²) < 4.78 is 5.63. The molecule has 1 aromatic heterocycles. The largest absolute Gasteiger partial charge is 0.492 e. The Balaban J connectivity index is 1.63. The summed E-state index contributed by atoms with van der Waals surface area (Å²) in [5, 5.41) is 3.32. The van der Waals surface area contributed by atoms with Gasteiger partial charge in [-0.05, 0) is 24.6 Å². The fraction of sp³-hybridized carbons (Fsp3) is 0.308. The Labute approximate surface area is 105 Å². The highest BCUT2D eigenvalue weighted by Crippen LogP contribution is 2.11. The van der Waals surface area contributed by atoms with Crippen molar-refractivity contribution in [1.29, 1.82) is 0 Å². The number of thiazole rings is 1. The summed E-state index contributed by atoms with van der Waals surface area (Å²) in [5.74, 6) is 0.935. The monoisotopic (exact) mass is 248 g/mol. The van der Waals surface area contributed by atoms with E-state index in [0.29, 0.717) is 6.61 Å². The molecule has 0 aliphatic heterocycles. The lowest BCUT2D eigenvalue weighted by Crippen LogP contribution is -2.20. The molecular weight excluding hydrogens is 232 g/mol. The van der Waals surface area contributed by atoms with E-state index < -0.39 is 0 Å². The van der Waals surface area contributed by atoms with Crippen LogP contribution in [-0.4, -0.2) is 18.1 Å². The van der Waals surface area contributed by atoms with Gasteiger partial charge < -0.3 is 10.1 Å². The minimum Gasteiger partial charge on any atom is -0.492 e. The van der Waals surface area contributed by atoms with Crippen molar-refractivity contribution in [1.82, 2.24) is 10.3 Å². The molecule has 0 aliphatic carbocycles. The van der Waals surface area contributed by atoms with Crippen molar-refractivity contribution in [3.8, 4) is 5.75 Å². The standard InChI is InChI=1S/C13H16N2OS/c1-11-3-2-4-12(7-11)16-6-5-14-8-13-9-15-10-17-13/h2-4,7,9-10,14H,5-6,8H2,1H3. The predicted molar refractivity (Wildman–Crippen MR) is 70.5 cm³/mol. The van der Waals surface area contributed by atoms with E-state index in [9.17, 15) is 0 Å². The molecule has 0 radical (unpaired) electrons. The van der Waals surface area contributed by atoms with E-state index in [-0.39, 0.29) is 0 Å². The Morgan fingerprint density at radius 2 is 2.35 bits per heavy atom. The summed E-state index contributed by atoms with van der Waals surface area (Å²) in [6.07, 6.45) is 1.89. The molecule has 1 N–H and O–H groups in total. The lowest BCUT2D eigenvalue weighted by molar-refractivity contribution is 0.313. The van der Waals surface area contributed by atoms with Crippen molar-refractivity contribution in [3.05, 3.63) is 46.4 Å². The number of nitrogens with zero attached hydrogens (tertiary/aromatic N) is 1. The third kappa shape index (κ3) is 4.17. The second-order valence-electron chi connectivity index (χ2n) is 3.81. The Morgan fingerprint density at radius 3 is 3.12 bits per heavy atom. The van der Waals surface area contributed by atoms with Crippen LogP contribution in [0.3, 0.4) is 0 Å². The maximum absolute atomic E-state index is 5.63. The quantitative estimate of drug-likeness (QED) is 0.798. The molecule has 0 bridgehead atoms. The zero-order valence-electron chi connectivity index (χ0n) is 9.85. The molecule has 2 rings (SSSR count). The number of aryl methyl sites for hydroxylation is 1. The van der Waals surface area contributed by atoms with Gasteiger partial charge in [-0.2, -0.15) is 0 Å². The molecule has 0 fully saturated rings. The second-order valence-corrected chi connectivity index (χ2v) is 4.78. The van der Waals surface area contributed by atoms with Crippen LogP contribution in [0.2, 0.25) is 0 Å². The molecule has 90 valence electrons. The molecule has 1 aromatic carbocycles. The zero-order chi connectivity index (χ0) is 11.9. The summed E-state index contributed by atoms with van der Waals surface area (Å²) in [7, 11) is 0. The van der Waals surface area contributed by atoms with Crippen molar-refractivity contribution in [2.75, 3.05) is 13.2 Å². The average molecular weight is 248 g/mol. The third-order valence-corrected chi connectivity index (χ3v) is 3.10. The molecule has 0 amide bonds. The smallest absolute Gasteiger partial charge is 0.119 e. The maximum Gasteiger partial charge on any atom is 0.119 e. The number of ether oxygens (including phenoxy) is 1. The SMILES string of the molecule is Cc1cccc(OCCNCc2cncs2)c1. The van der Waals surface area contributed by atoms with E-state index >= 15 is 0 Å². The van der Waals surface area contributed by atoms with Crippen LogP contribution < -0.4 is 10.1 Å². The van der Waals surface area contributed by atoms with E-state index in [0.717, 1.165) is 18.8 Å². The first-order valence-corrected chi connectivity index (χ1v) is 6.50. The van der Waals surface area contributed by atoms with Gasteiger partial charge in [-0.1, -0.05) is 12.1 Å². The van der Waals surface area contributed by atoms with Crippen LogP contribution in [0.5, 0.6) is 5.75 Å². The van der Waals surface area contributed by atoms with Gasteiger partial charge in [0.25, 0.3) is 0 Å². The first-order chi connectivity index (χ1) is 8.34. The zero-order valence-corrected chi connectivity index (χ0v) is 10.7. The summed E-state index contributed by atoms with van der Waals surface area (Å²) >= 11 is 1.66. The van der Waals surface area contributed by atoms with E-state index in [2.05, 4.69) is 23.3 Å². The maximum atomic E-state index is 5.63. The first kappa shape index (κ1) is 12.1. The van der Waals surface area contributed by atoms with Crippen LogP contribution in [-0.2, 0) is 6.54 Å². The molecule has 2 aromatic rings. The molecule has 0 spiro atoms. The Bertz CT molecular complexity index is 442. The van der Waals surface area contributed by atoms with Crippen molar-refractivity contribution in [2.45, 2.75) is 13.5 Å². The number of benzene rings is 1. The normalized spacial score (nSPS) is 10.4. The van der Waals surface area contributed by atoms with E-state index in [1.165, 1.54) is 10.4 Å². The van der Waals surface area contributed by atoms with E-state index in [1.54, 1.807) is 11.3 Å². The Kier molecular flexibility index (Phi) is 4.53. The molecule has 1 heterocycles. The van der Waals surface area contributed by atoms with Crippen LogP contribution >= 0.6 is 11.3 Å². The number of hydrogen-bond donors (Lipinski definition) is 1. The minimum atomic E-state index is 0.683. The molecule has 0 saturated heterocycles. The van der Waals surface area contributed by atoms with Gasteiger partial charge in [-0.3, -0.25) is 4.98 Å². The number of hydrogen-bond acceptors (Lipinski definition) is 4.